The van der Waals surface area contributed by atoms with Crippen LogP contribution in [0.1, 0.15) is 22.8 Å². The summed E-state index contributed by atoms with van der Waals surface area (Å²) in [5.74, 6) is 0.156. The molecular formula is C19H22N2O4S. The predicted molar refractivity (Wildman–Crippen MR) is 101 cm³/mol. The Morgan fingerprint density at radius 2 is 2.00 bits per heavy atom. The molecule has 6 nitrogen and oxygen atoms in total. The maximum Gasteiger partial charge on any atom is 0.251 e. The van der Waals surface area contributed by atoms with E-state index >= 15 is 0 Å². The average molecular weight is 374 g/mol. The quantitative estimate of drug-likeness (QED) is 0.806. The zero-order chi connectivity index (χ0) is 18.6. The molecule has 0 saturated carbocycles. The highest BCUT2D eigenvalue weighted by Gasteiger charge is 2.28. The molecule has 0 atom stereocenters. The van der Waals surface area contributed by atoms with Gasteiger partial charge in [0.05, 0.1) is 18.0 Å². The summed E-state index contributed by atoms with van der Waals surface area (Å²) in [6, 6.07) is 14.3. The number of nitrogens with one attached hydrogen (secondary N) is 1. The Hall–Kier alpha value is -2.54. The van der Waals surface area contributed by atoms with Gasteiger partial charge < -0.3 is 10.1 Å². The number of amides is 1. The first-order valence-corrected chi connectivity index (χ1v) is 10.2. The van der Waals surface area contributed by atoms with Crippen LogP contribution in [0.5, 0.6) is 5.75 Å². The molecule has 0 aliphatic carbocycles. The molecule has 0 aromatic heterocycles. The SMILES string of the molecule is CCOc1cccc(C(=O)NCCS(=O)(=O)N2CCc3ccccc32)c1. The summed E-state index contributed by atoms with van der Waals surface area (Å²) in [6.07, 6.45) is 0.714. The molecule has 1 amide bonds. The van der Waals surface area contributed by atoms with Gasteiger partial charge in [-0.3, -0.25) is 9.10 Å². The number of ether oxygens (including phenoxy) is 1. The number of hydrogen-bond acceptors (Lipinski definition) is 4. The van der Waals surface area contributed by atoms with E-state index in [9.17, 15) is 13.2 Å². The minimum Gasteiger partial charge on any atom is -0.494 e. The zero-order valence-corrected chi connectivity index (χ0v) is 15.5. The highest BCUT2D eigenvalue weighted by molar-refractivity contribution is 7.92. The fourth-order valence-electron chi connectivity index (χ4n) is 3.00. The Labute approximate surface area is 153 Å². The smallest absolute Gasteiger partial charge is 0.251 e. The van der Waals surface area contributed by atoms with Crippen LogP contribution < -0.4 is 14.4 Å². The fourth-order valence-corrected chi connectivity index (χ4v) is 4.42. The molecule has 3 rings (SSSR count). The van der Waals surface area contributed by atoms with Crippen LogP contribution in [0, 0.1) is 0 Å². The number of fused-ring (bicyclic) bond motifs is 1. The van der Waals surface area contributed by atoms with Gasteiger partial charge in [0.15, 0.2) is 0 Å². The van der Waals surface area contributed by atoms with Crippen molar-refractivity contribution >= 4 is 21.6 Å². The highest BCUT2D eigenvalue weighted by atomic mass is 32.2. The van der Waals surface area contributed by atoms with Crippen LogP contribution >= 0.6 is 0 Å². The average Bonchev–Trinajstić information content (AvgIpc) is 3.07. The first kappa shape index (κ1) is 18.3. The summed E-state index contributed by atoms with van der Waals surface area (Å²) in [5.41, 5.74) is 2.22. The summed E-state index contributed by atoms with van der Waals surface area (Å²) in [5, 5.41) is 2.67. The van der Waals surface area contributed by atoms with Crippen LogP contribution in [0.2, 0.25) is 0 Å². The predicted octanol–water partition coefficient (Wildman–Crippen LogP) is 2.21. The number of benzene rings is 2. The lowest BCUT2D eigenvalue weighted by Crippen LogP contribution is -2.37. The third-order valence-electron chi connectivity index (χ3n) is 4.23. The van der Waals surface area contributed by atoms with Gasteiger partial charge in [-0.1, -0.05) is 24.3 Å². The van der Waals surface area contributed by atoms with Crippen molar-refractivity contribution in [1.29, 1.82) is 0 Å². The van der Waals surface area contributed by atoms with Crippen LogP contribution in [0.4, 0.5) is 5.69 Å². The van der Waals surface area contributed by atoms with Crippen molar-refractivity contribution in [1.82, 2.24) is 5.32 Å². The number of anilines is 1. The Morgan fingerprint density at radius 3 is 2.81 bits per heavy atom. The van der Waals surface area contributed by atoms with Crippen LogP contribution in [0.15, 0.2) is 48.5 Å². The Morgan fingerprint density at radius 1 is 1.19 bits per heavy atom. The molecule has 1 aliphatic rings. The van der Waals surface area contributed by atoms with Gasteiger partial charge in [-0.15, -0.1) is 0 Å². The Balaban J connectivity index is 1.59. The monoisotopic (exact) mass is 374 g/mol. The molecule has 26 heavy (non-hydrogen) atoms. The minimum absolute atomic E-state index is 0.0543. The van der Waals surface area contributed by atoms with E-state index in [1.807, 2.05) is 31.2 Å². The number of carbonyl (C=O) groups is 1. The van der Waals surface area contributed by atoms with Crippen molar-refractivity contribution in [3.63, 3.8) is 0 Å². The van der Waals surface area contributed by atoms with Crippen molar-refractivity contribution in [2.45, 2.75) is 13.3 Å². The van der Waals surface area contributed by atoms with E-state index < -0.39 is 10.0 Å². The van der Waals surface area contributed by atoms with E-state index in [4.69, 9.17) is 4.74 Å². The fraction of sp³-hybridized carbons (Fsp3) is 0.316. The first-order valence-electron chi connectivity index (χ1n) is 8.60. The molecule has 0 unspecified atom stereocenters. The Bertz CT molecular complexity index is 896. The lowest BCUT2D eigenvalue weighted by atomic mass is 10.2. The van der Waals surface area contributed by atoms with E-state index in [1.54, 1.807) is 24.3 Å². The summed E-state index contributed by atoms with van der Waals surface area (Å²) >= 11 is 0. The number of sulfonamides is 1. The molecule has 7 heteroatoms. The number of rotatable bonds is 7. The summed E-state index contributed by atoms with van der Waals surface area (Å²) in [4.78, 5) is 12.2. The van der Waals surface area contributed by atoms with Crippen molar-refractivity contribution in [2.75, 3.05) is 29.8 Å². The second-order valence-corrected chi connectivity index (χ2v) is 8.00. The summed E-state index contributed by atoms with van der Waals surface area (Å²) in [7, 11) is -3.47. The molecular weight excluding hydrogens is 352 g/mol. The minimum atomic E-state index is -3.47. The van der Waals surface area contributed by atoms with Gasteiger partial charge in [0.2, 0.25) is 10.0 Å². The standard InChI is InChI=1S/C19H22N2O4S/c1-2-25-17-8-5-7-16(14-17)19(22)20-11-13-26(23,24)21-12-10-15-6-3-4-9-18(15)21/h3-9,14H,2,10-13H2,1H3,(H,20,22). The van der Waals surface area contributed by atoms with Crippen molar-refractivity contribution < 1.29 is 17.9 Å². The molecule has 0 spiro atoms. The second-order valence-electron chi connectivity index (χ2n) is 5.98. The van der Waals surface area contributed by atoms with Crippen LogP contribution in [0.25, 0.3) is 0 Å². The maximum atomic E-state index is 12.6. The molecule has 0 fully saturated rings. The van der Waals surface area contributed by atoms with Crippen molar-refractivity contribution in [2.24, 2.45) is 0 Å². The van der Waals surface area contributed by atoms with E-state index in [1.165, 1.54) is 4.31 Å². The molecule has 138 valence electrons. The van der Waals surface area contributed by atoms with E-state index in [0.29, 0.717) is 30.9 Å². The molecule has 0 saturated heterocycles. The molecule has 2 aromatic rings. The topological polar surface area (TPSA) is 75.7 Å². The van der Waals surface area contributed by atoms with Crippen LogP contribution in [-0.2, 0) is 16.4 Å². The van der Waals surface area contributed by atoms with Crippen molar-refractivity contribution in [3.05, 3.63) is 59.7 Å². The van der Waals surface area contributed by atoms with Crippen LogP contribution in [-0.4, -0.2) is 39.8 Å². The molecule has 0 bridgehead atoms. The van der Waals surface area contributed by atoms with Gasteiger partial charge in [-0.05, 0) is 43.2 Å². The van der Waals surface area contributed by atoms with Gasteiger partial charge in [0.25, 0.3) is 5.91 Å². The number of carbonyl (C=O) groups excluding carboxylic acids is 1. The number of hydrogen-bond donors (Lipinski definition) is 1. The summed E-state index contributed by atoms with van der Waals surface area (Å²) < 4.78 is 32.0. The highest BCUT2D eigenvalue weighted by Crippen LogP contribution is 2.29. The van der Waals surface area contributed by atoms with E-state index in [2.05, 4.69) is 5.32 Å². The van der Waals surface area contributed by atoms with Gasteiger partial charge in [-0.2, -0.15) is 0 Å². The molecule has 1 heterocycles. The molecule has 1 N–H and O–H groups in total. The zero-order valence-electron chi connectivity index (χ0n) is 14.6. The molecule has 0 radical (unpaired) electrons. The first-order chi connectivity index (χ1) is 12.5. The van der Waals surface area contributed by atoms with Gasteiger partial charge in [0, 0.05) is 18.7 Å². The lowest BCUT2D eigenvalue weighted by molar-refractivity contribution is 0.0955. The third kappa shape index (κ3) is 3.99. The molecule has 1 aliphatic heterocycles. The maximum absolute atomic E-state index is 12.6. The van der Waals surface area contributed by atoms with Gasteiger partial charge in [-0.25, -0.2) is 8.42 Å². The number of nitrogens with zero attached hydrogens (tertiary/aromatic N) is 1. The lowest BCUT2D eigenvalue weighted by Gasteiger charge is -2.19. The van der Waals surface area contributed by atoms with E-state index in [0.717, 1.165) is 11.3 Å². The Kier molecular flexibility index (Phi) is 5.46. The van der Waals surface area contributed by atoms with E-state index in [-0.39, 0.29) is 18.2 Å². The van der Waals surface area contributed by atoms with Gasteiger partial charge in [0.1, 0.15) is 5.75 Å². The third-order valence-corrected chi connectivity index (χ3v) is 6.00. The second kappa shape index (κ2) is 7.78. The normalized spacial score (nSPS) is 13.3. The van der Waals surface area contributed by atoms with Crippen LogP contribution in [0.3, 0.4) is 0 Å². The molecule has 2 aromatic carbocycles. The van der Waals surface area contributed by atoms with Crippen molar-refractivity contribution in [3.8, 4) is 5.75 Å². The number of para-hydroxylation sites is 1. The largest absolute Gasteiger partial charge is 0.494 e. The summed E-state index contributed by atoms with van der Waals surface area (Å²) in [6.45, 7) is 2.89. The van der Waals surface area contributed by atoms with Gasteiger partial charge >= 0.3 is 0 Å².